The summed E-state index contributed by atoms with van der Waals surface area (Å²) in [5.74, 6) is 0.731. The van der Waals surface area contributed by atoms with Gasteiger partial charge in [-0.05, 0) is 36.9 Å². The van der Waals surface area contributed by atoms with Crippen molar-refractivity contribution in [3.8, 4) is 0 Å². The van der Waals surface area contributed by atoms with E-state index in [1.807, 2.05) is 14.0 Å². The molecule has 0 saturated heterocycles. The topological polar surface area (TPSA) is 69.6 Å². The Hall–Kier alpha value is -1.68. The number of aromatic nitrogens is 1. The molecule has 2 heterocycles. The molecular weight excluding hydrogens is 461 g/mol. The van der Waals surface area contributed by atoms with Gasteiger partial charge >= 0.3 is 0 Å². The average molecular weight is 487 g/mol. The van der Waals surface area contributed by atoms with Crippen molar-refractivity contribution < 1.29 is 4.79 Å². The molecule has 0 aliphatic rings. The normalized spacial score (nSPS) is 10.8. The third-order valence-electron chi connectivity index (χ3n) is 3.55. The van der Waals surface area contributed by atoms with Gasteiger partial charge in [0.2, 0.25) is 0 Å². The van der Waals surface area contributed by atoms with Crippen LogP contribution in [-0.4, -0.2) is 55.0 Å². The monoisotopic (exact) mass is 487 g/mol. The van der Waals surface area contributed by atoms with Crippen LogP contribution in [0.3, 0.4) is 0 Å². The fourth-order valence-corrected chi connectivity index (χ4v) is 2.94. The fraction of sp³-hybridized carbons (Fsp3) is 0.389. The van der Waals surface area contributed by atoms with Crippen molar-refractivity contribution in [2.24, 2.45) is 4.99 Å². The van der Waals surface area contributed by atoms with Crippen molar-refractivity contribution in [2.75, 3.05) is 33.2 Å². The molecule has 6 nitrogen and oxygen atoms in total. The van der Waals surface area contributed by atoms with E-state index in [0.29, 0.717) is 18.7 Å². The molecule has 2 aromatic heterocycles. The van der Waals surface area contributed by atoms with Crippen molar-refractivity contribution in [3.05, 3.63) is 52.5 Å². The summed E-state index contributed by atoms with van der Waals surface area (Å²) >= 11 is 1.77. The number of hydrogen-bond donors (Lipinski definition) is 2. The molecular formula is C18H26IN5OS. The predicted molar refractivity (Wildman–Crippen MR) is 119 cm³/mol. The summed E-state index contributed by atoms with van der Waals surface area (Å²) in [6, 6.07) is 7.72. The summed E-state index contributed by atoms with van der Waals surface area (Å²) < 4.78 is 0. The van der Waals surface area contributed by atoms with E-state index in [9.17, 15) is 4.79 Å². The molecule has 1 amide bonds. The van der Waals surface area contributed by atoms with Gasteiger partial charge in [-0.3, -0.25) is 14.8 Å². The van der Waals surface area contributed by atoms with Crippen LogP contribution in [0.5, 0.6) is 0 Å². The second-order valence-electron chi connectivity index (χ2n) is 5.48. The maximum atomic E-state index is 12.0. The second-order valence-corrected chi connectivity index (χ2v) is 6.52. The Labute approximate surface area is 176 Å². The smallest absolute Gasteiger partial charge is 0.252 e. The van der Waals surface area contributed by atoms with Gasteiger partial charge in [-0.15, -0.1) is 35.3 Å². The summed E-state index contributed by atoms with van der Waals surface area (Å²) in [5, 5.41) is 8.24. The van der Waals surface area contributed by atoms with Crippen LogP contribution in [0.4, 0.5) is 0 Å². The van der Waals surface area contributed by atoms with Gasteiger partial charge in [-0.25, -0.2) is 0 Å². The number of nitrogens with one attached hydrogen (secondary N) is 2. The van der Waals surface area contributed by atoms with Crippen LogP contribution in [0, 0.1) is 0 Å². The first-order valence-electron chi connectivity index (χ1n) is 8.40. The minimum absolute atomic E-state index is 0. The molecule has 0 radical (unpaired) electrons. The summed E-state index contributed by atoms with van der Waals surface area (Å²) in [6.07, 6.45) is 4.20. The van der Waals surface area contributed by atoms with Crippen LogP contribution in [0.1, 0.15) is 22.2 Å². The highest BCUT2D eigenvalue weighted by Crippen LogP contribution is 2.09. The summed E-state index contributed by atoms with van der Waals surface area (Å²) in [4.78, 5) is 24.0. The van der Waals surface area contributed by atoms with E-state index in [-0.39, 0.29) is 29.9 Å². The lowest BCUT2D eigenvalue weighted by atomic mass is 10.3. The number of carbonyl (C=O) groups excluding carboxylic acids is 1. The molecule has 0 aliphatic heterocycles. The highest BCUT2D eigenvalue weighted by atomic mass is 127. The maximum absolute atomic E-state index is 12.0. The Morgan fingerprint density at radius 3 is 2.81 bits per heavy atom. The van der Waals surface area contributed by atoms with Crippen LogP contribution in [-0.2, 0) is 6.42 Å². The van der Waals surface area contributed by atoms with Gasteiger partial charge in [0, 0.05) is 44.0 Å². The van der Waals surface area contributed by atoms with Gasteiger partial charge in [0.1, 0.15) is 0 Å². The van der Waals surface area contributed by atoms with Gasteiger partial charge in [-0.2, -0.15) is 0 Å². The van der Waals surface area contributed by atoms with Crippen LogP contribution in [0.25, 0.3) is 0 Å². The molecule has 0 unspecified atom stereocenters. The van der Waals surface area contributed by atoms with Crippen LogP contribution >= 0.6 is 35.3 Å². The Bertz CT molecular complexity index is 663. The fourth-order valence-electron chi connectivity index (χ4n) is 2.24. The van der Waals surface area contributed by atoms with E-state index < -0.39 is 0 Å². The Kier molecular flexibility index (Phi) is 10.9. The molecule has 142 valence electrons. The highest BCUT2D eigenvalue weighted by molar-refractivity contribution is 14.0. The largest absolute Gasteiger partial charge is 0.357 e. The van der Waals surface area contributed by atoms with Gasteiger partial charge in [0.05, 0.1) is 12.1 Å². The van der Waals surface area contributed by atoms with Crippen molar-refractivity contribution in [1.82, 2.24) is 20.5 Å². The van der Waals surface area contributed by atoms with E-state index >= 15 is 0 Å². The number of halogens is 1. The molecule has 2 N–H and O–H groups in total. The molecule has 0 aromatic carbocycles. The number of rotatable bonds is 8. The lowest BCUT2D eigenvalue weighted by molar-refractivity contribution is 0.0954. The first kappa shape index (κ1) is 22.4. The third-order valence-corrected chi connectivity index (χ3v) is 4.49. The molecule has 0 saturated carbocycles. The van der Waals surface area contributed by atoms with Crippen molar-refractivity contribution in [3.63, 3.8) is 0 Å². The number of likely N-dealkylation sites (N-methyl/N-ethyl adjacent to an activating group) is 1. The van der Waals surface area contributed by atoms with Gasteiger partial charge in [0.15, 0.2) is 5.96 Å². The lowest BCUT2D eigenvalue weighted by Crippen LogP contribution is -2.40. The number of amides is 1. The number of thiophene rings is 1. The standard InChI is InChI=1S/C18H25N5OS.HI/c1-3-20-18(23(2)12-8-16-7-5-13-25-16)22-11-10-21-17(24)15-6-4-9-19-14-15;/h4-7,9,13-14H,3,8,10-12H2,1-2H3,(H,20,22)(H,21,24);1H. The quantitative estimate of drug-likeness (QED) is 0.260. The van der Waals surface area contributed by atoms with E-state index in [1.54, 1.807) is 35.9 Å². The first-order chi connectivity index (χ1) is 12.2. The van der Waals surface area contributed by atoms with Crippen molar-refractivity contribution in [1.29, 1.82) is 0 Å². The number of nitrogens with zero attached hydrogens (tertiary/aromatic N) is 3. The Morgan fingerprint density at radius 1 is 1.31 bits per heavy atom. The molecule has 0 atom stereocenters. The van der Waals surface area contributed by atoms with Crippen LogP contribution in [0.15, 0.2) is 47.0 Å². The second kappa shape index (κ2) is 12.6. The van der Waals surface area contributed by atoms with E-state index in [4.69, 9.17) is 0 Å². The SMILES string of the molecule is CCNC(=NCCNC(=O)c1cccnc1)N(C)CCc1cccs1.I. The van der Waals surface area contributed by atoms with Gasteiger partial charge in [-0.1, -0.05) is 6.07 Å². The zero-order valence-corrected chi connectivity index (χ0v) is 18.3. The van der Waals surface area contributed by atoms with Gasteiger partial charge in [0.25, 0.3) is 5.91 Å². The first-order valence-corrected chi connectivity index (χ1v) is 9.28. The predicted octanol–water partition coefficient (Wildman–Crippen LogP) is 2.63. The van der Waals surface area contributed by atoms with Crippen LogP contribution in [0.2, 0.25) is 0 Å². The summed E-state index contributed by atoms with van der Waals surface area (Å²) in [6.45, 7) is 4.77. The number of aliphatic imine (C=N–C) groups is 1. The molecule has 0 spiro atoms. The zero-order valence-electron chi connectivity index (χ0n) is 15.1. The highest BCUT2D eigenvalue weighted by Gasteiger charge is 2.07. The molecule has 2 aromatic rings. The van der Waals surface area contributed by atoms with Gasteiger partial charge < -0.3 is 15.5 Å². The maximum Gasteiger partial charge on any atom is 0.252 e. The minimum atomic E-state index is -0.126. The molecule has 0 aliphatic carbocycles. The van der Waals surface area contributed by atoms with Crippen molar-refractivity contribution >= 4 is 47.2 Å². The van der Waals surface area contributed by atoms with Crippen LogP contribution < -0.4 is 10.6 Å². The average Bonchev–Trinajstić information content (AvgIpc) is 3.16. The Morgan fingerprint density at radius 2 is 2.15 bits per heavy atom. The van der Waals surface area contributed by atoms with E-state index in [1.165, 1.54) is 4.88 Å². The molecule has 0 bridgehead atoms. The summed E-state index contributed by atoms with van der Waals surface area (Å²) in [5.41, 5.74) is 0.562. The number of hydrogen-bond acceptors (Lipinski definition) is 4. The lowest BCUT2D eigenvalue weighted by Gasteiger charge is -2.21. The van der Waals surface area contributed by atoms with Crippen molar-refractivity contribution in [2.45, 2.75) is 13.3 Å². The number of guanidine groups is 1. The molecule has 26 heavy (non-hydrogen) atoms. The molecule has 8 heteroatoms. The van der Waals surface area contributed by atoms with E-state index in [0.717, 1.165) is 25.5 Å². The Balaban J connectivity index is 0.00000338. The van der Waals surface area contributed by atoms with E-state index in [2.05, 4.69) is 43.0 Å². The number of carbonyl (C=O) groups is 1. The molecule has 0 fully saturated rings. The minimum Gasteiger partial charge on any atom is -0.357 e. The zero-order chi connectivity index (χ0) is 17.9. The summed E-state index contributed by atoms with van der Waals surface area (Å²) in [7, 11) is 2.03. The molecule has 2 rings (SSSR count). The number of pyridine rings is 1. The third kappa shape index (κ3) is 7.69.